The van der Waals surface area contributed by atoms with E-state index < -0.39 is 0 Å². The van der Waals surface area contributed by atoms with Crippen LogP contribution in [0.1, 0.15) is 23.3 Å². The molecule has 1 heterocycles. The fourth-order valence-corrected chi connectivity index (χ4v) is 3.87. The highest BCUT2D eigenvalue weighted by Crippen LogP contribution is 2.35. The molecule has 0 saturated heterocycles. The Hall–Kier alpha value is -3.41. The van der Waals surface area contributed by atoms with Gasteiger partial charge in [-0.3, -0.25) is 4.79 Å². The minimum Gasteiger partial charge on any atom is -0.350 e. The van der Waals surface area contributed by atoms with Gasteiger partial charge in [0.15, 0.2) is 0 Å². The van der Waals surface area contributed by atoms with Crippen molar-refractivity contribution in [2.75, 3.05) is 13.1 Å². The predicted octanol–water partition coefficient (Wildman–Crippen LogP) is 4.30. The highest BCUT2D eigenvalue weighted by Gasteiger charge is 2.20. The SMILES string of the molecule is NCCCC(N)CNC(=O)c1[nH]c2ccc(-c3ccccc3)cc2c1-c1ccccc1. The van der Waals surface area contributed by atoms with Crippen LogP contribution in [0.15, 0.2) is 78.9 Å². The molecule has 6 N–H and O–H groups in total. The summed E-state index contributed by atoms with van der Waals surface area (Å²) in [6, 6.07) is 26.4. The first kappa shape index (κ1) is 20.8. The maximum absolute atomic E-state index is 13.1. The van der Waals surface area contributed by atoms with Gasteiger partial charge in [0.25, 0.3) is 5.91 Å². The maximum Gasteiger partial charge on any atom is 0.268 e. The van der Waals surface area contributed by atoms with E-state index in [4.69, 9.17) is 11.5 Å². The largest absolute Gasteiger partial charge is 0.350 e. The molecule has 0 aliphatic carbocycles. The highest BCUT2D eigenvalue weighted by molar-refractivity contribution is 6.10. The fourth-order valence-electron chi connectivity index (χ4n) is 3.87. The number of fused-ring (bicyclic) bond motifs is 1. The van der Waals surface area contributed by atoms with E-state index in [-0.39, 0.29) is 11.9 Å². The molecule has 0 aliphatic rings. The Morgan fingerprint density at radius 2 is 1.58 bits per heavy atom. The lowest BCUT2D eigenvalue weighted by Crippen LogP contribution is -2.37. The number of benzene rings is 3. The minimum atomic E-state index is -0.153. The number of H-pyrrole nitrogens is 1. The molecule has 3 aromatic carbocycles. The molecule has 1 atom stereocenters. The zero-order chi connectivity index (χ0) is 21.6. The first-order valence-corrected chi connectivity index (χ1v) is 10.7. The molecule has 0 aliphatic heterocycles. The molecule has 0 bridgehead atoms. The number of aromatic amines is 1. The molecular weight excluding hydrogens is 384 g/mol. The van der Waals surface area contributed by atoms with E-state index in [2.05, 4.69) is 34.6 Å². The van der Waals surface area contributed by atoms with Gasteiger partial charge in [-0.2, -0.15) is 0 Å². The summed E-state index contributed by atoms with van der Waals surface area (Å²) in [6.07, 6.45) is 1.64. The quantitative estimate of drug-likeness (QED) is 0.347. The number of aromatic nitrogens is 1. The summed E-state index contributed by atoms with van der Waals surface area (Å²) < 4.78 is 0. The van der Waals surface area contributed by atoms with E-state index in [9.17, 15) is 4.79 Å². The van der Waals surface area contributed by atoms with Gasteiger partial charge in [0.05, 0.1) is 0 Å². The Morgan fingerprint density at radius 3 is 2.26 bits per heavy atom. The van der Waals surface area contributed by atoms with Gasteiger partial charge in [-0.1, -0.05) is 66.7 Å². The molecule has 4 rings (SSSR count). The Morgan fingerprint density at radius 1 is 0.903 bits per heavy atom. The standard InChI is InChI=1S/C26H28N4O/c27-15-7-12-21(28)17-29-26(31)25-24(19-10-5-2-6-11-19)22-16-20(13-14-23(22)30-25)18-8-3-1-4-9-18/h1-6,8-11,13-14,16,21,30H,7,12,15,17,27-28H2,(H,29,31). The third-order valence-corrected chi connectivity index (χ3v) is 5.50. The van der Waals surface area contributed by atoms with Gasteiger partial charge in [-0.25, -0.2) is 0 Å². The van der Waals surface area contributed by atoms with Gasteiger partial charge in [0.2, 0.25) is 0 Å². The lowest BCUT2D eigenvalue weighted by molar-refractivity contribution is 0.0947. The number of hydrogen-bond donors (Lipinski definition) is 4. The van der Waals surface area contributed by atoms with E-state index in [0.717, 1.165) is 46.0 Å². The van der Waals surface area contributed by atoms with Crippen molar-refractivity contribution in [3.63, 3.8) is 0 Å². The normalized spacial score (nSPS) is 12.1. The molecule has 1 aromatic heterocycles. The van der Waals surface area contributed by atoms with Crippen LogP contribution in [0, 0.1) is 0 Å². The first-order chi connectivity index (χ1) is 15.2. The molecule has 5 heteroatoms. The minimum absolute atomic E-state index is 0.110. The van der Waals surface area contributed by atoms with Crippen LogP contribution < -0.4 is 16.8 Å². The number of carbonyl (C=O) groups is 1. The van der Waals surface area contributed by atoms with Gasteiger partial charge < -0.3 is 21.8 Å². The second-order valence-electron chi connectivity index (χ2n) is 7.77. The molecule has 0 saturated carbocycles. The van der Waals surface area contributed by atoms with E-state index >= 15 is 0 Å². The van der Waals surface area contributed by atoms with Gasteiger partial charge in [0, 0.05) is 29.1 Å². The summed E-state index contributed by atoms with van der Waals surface area (Å²) >= 11 is 0. The third-order valence-electron chi connectivity index (χ3n) is 5.50. The summed E-state index contributed by atoms with van der Waals surface area (Å²) in [5.41, 5.74) is 17.3. The molecule has 1 amide bonds. The van der Waals surface area contributed by atoms with E-state index in [0.29, 0.717) is 18.8 Å². The number of rotatable bonds is 8. The van der Waals surface area contributed by atoms with Gasteiger partial charge in [0.1, 0.15) is 5.69 Å². The lowest BCUT2D eigenvalue weighted by atomic mass is 9.98. The Balaban J connectivity index is 1.73. The van der Waals surface area contributed by atoms with Crippen molar-refractivity contribution in [2.45, 2.75) is 18.9 Å². The second-order valence-corrected chi connectivity index (χ2v) is 7.77. The van der Waals surface area contributed by atoms with Crippen LogP contribution in [0.2, 0.25) is 0 Å². The number of hydrogen-bond acceptors (Lipinski definition) is 3. The number of carbonyl (C=O) groups excluding carboxylic acids is 1. The van der Waals surface area contributed by atoms with E-state index in [1.807, 2.05) is 54.6 Å². The van der Waals surface area contributed by atoms with Crippen molar-refractivity contribution in [1.82, 2.24) is 10.3 Å². The Kier molecular flexibility index (Phi) is 6.46. The second kappa shape index (κ2) is 9.60. The van der Waals surface area contributed by atoms with Crippen molar-refractivity contribution in [1.29, 1.82) is 0 Å². The molecule has 1 unspecified atom stereocenters. The molecule has 4 aromatic rings. The summed E-state index contributed by atoms with van der Waals surface area (Å²) in [5, 5.41) is 4.01. The average Bonchev–Trinajstić information content (AvgIpc) is 3.21. The molecule has 0 fully saturated rings. The number of amides is 1. The summed E-state index contributed by atoms with van der Waals surface area (Å²) in [4.78, 5) is 16.5. The van der Waals surface area contributed by atoms with Crippen molar-refractivity contribution in [3.8, 4) is 22.3 Å². The number of nitrogens with one attached hydrogen (secondary N) is 2. The summed E-state index contributed by atoms with van der Waals surface area (Å²) in [5.74, 6) is -0.153. The van der Waals surface area contributed by atoms with Crippen molar-refractivity contribution in [2.24, 2.45) is 11.5 Å². The maximum atomic E-state index is 13.1. The Labute approximate surface area is 182 Å². The Bertz CT molecular complexity index is 1150. The zero-order valence-electron chi connectivity index (χ0n) is 17.5. The smallest absolute Gasteiger partial charge is 0.268 e. The van der Waals surface area contributed by atoms with Crippen LogP contribution in [0.4, 0.5) is 0 Å². The molecule has 0 spiro atoms. The van der Waals surface area contributed by atoms with E-state index in [1.54, 1.807) is 0 Å². The van der Waals surface area contributed by atoms with Crippen LogP contribution in [-0.4, -0.2) is 30.0 Å². The average molecular weight is 413 g/mol. The summed E-state index contributed by atoms with van der Waals surface area (Å²) in [6.45, 7) is 1.02. The van der Waals surface area contributed by atoms with E-state index in [1.165, 1.54) is 0 Å². The molecule has 0 radical (unpaired) electrons. The monoisotopic (exact) mass is 412 g/mol. The van der Waals surface area contributed by atoms with Crippen LogP contribution in [0.3, 0.4) is 0 Å². The summed E-state index contributed by atoms with van der Waals surface area (Å²) in [7, 11) is 0. The number of nitrogens with two attached hydrogens (primary N) is 2. The van der Waals surface area contributed by atoms with Crippen LogP contribution in [0.25, 0.3) is 33.2 Å². The first-order valence-electron chi connectivity index (χ1n) is 10.7. The zero-order valence-corrected chi connectivity index (χ0v) is 17.5. The lowest BCUT2D eigenvalue weighted by Gasteiger charge is -2.12. The molecule has 31 heavy (non-hydrogen) atoms. The van der Waals surface area contributed by atoms with Gasteiger partial charge >= 0.3 is 0 Å². The predicted molar refractivity (Wildman–Crippen MR) is 128 cm³/mol. The van der Waals surface area contributed by atoms with Crippen LogP contribution in [-0.2, 0) is 0 Å². The van der Waals surface area contributed by atoms with Crippen LogP contribution in [0.5, 0.6) is 0 Å². The van der Waals surface area contributed by atoms with Gasteiger partial charge in [-0.15, -0.1) is 0 Å². The van der Waals surface area contributed by atoms with Gasteiger partial charge in [-0.05, 0) is 48.2 Å². The molecule has 158 valence electrons. The fraction of sp³-hybridized carbons (Fsp3) is 0.192. The highest BCUT2D eigenvalue weighted by atomic mass is 16.1. The van der Waals surface area contributed by atoms with Crippen LogP contribution >= 0.6 is 0 Å². The van der Waals surface area contributed by atoms with Crippen molar-refractivity contribution in [3.05, 3.63) is 84.6 Å². The van der Waals surface area contributed by atoms with Crippen molar-refractivity contribution >= 4 is 16.8 Å². The molecule has 5 nitrogen and oxygen atoms in total. The third kappa shape index (κ3) is 4.68. The topological polar surface area (TPSA) is 96.9 Å². The van der Waals surface area contributed by atoms with Crippen molar-refractivity contribution < 1.29 is 4.79 Å². The molecular formula is C26H28N4O.